The molecule has 2 rings (SSSR count). The normalized spacial score (nSPS) is 16.2. The number of carbonyl (C=O) groups is 2. The van der Waals surface area contributed by atoms with Crippen LogP contribution in [0.1, 0.15) is 52.1 Å². The highest BCUT2D eigenvalue weighted by atomic mass is 16.6. The number of aromatic nitrogens is 2. The minimum atomic E-state index is -1.08. The van der Waals surface area contributed by atoms with E-state index in [-0.39, 0.29) is 6.04 Å². The van der Waals surface area contributed by atoms with Gasteiger partial charge in [0.1, 0.15) is 5.60 Å². The van der Waals surface area contributed by atoms with Crippen molar-refractivity contribution in [2.24, 2.45) is 0 Å². The van der Waals surface area contributed by atoms with E-state index in [0.29, 0.717) is 12.1 Å². The zero-order valence-corrected chi connectivity index (χ0v) is 13.4. The summed E-state index contributed by atoms with van der Waals surface area (Å²) in [5.74, 6) is -1.08. The van der Waals surface area contributed by atoms with Gasteiger partial charge in [-0.1, -0.05) is 0 Å². The number of nitrogens with zero attached hydrogens (tertiary/aromatic N) is 3. The SMILES string of the molecule is CCn1cc(C(C(=O)O)N(C(=O)OC(C)(C)C)C2CC2)cn1. The second-order valence-electron chi connectivity index (χ2n) is 6.49. The quantitative estimate of drug-likeness (QED) is 0.903. The predicted octanol–water partition coefficient (Wildman–Crippen LogP) is 2.43. The summed E-state index contributed by atoms with van der Waals surface area (Å²) in [5.41, 5.74) is -0.173. The Balaban J connectivity index is 2.30. The Labute approximate surface area is 129 Å². The first-order chi connectivity index (χ1) is 10.2. The summed E-state index contributed by atoms with van der Waals surface area (Å²) in [6.07, 6.45) is 4.17. The summed E-state index contributed by atoms with van der Waals surface area (Å²) in [5, 5.41) is 13.7. The van der Waals surface area contributed by atoms with Crippen molar-refractivity contribution in [2.45, 2.75) is 64.8 Å². The number of hydrogen-bond acceptors (Lipinski definition) is 4. The second kappa shape index (κ2) is 5.98. The minimum absolute atomic E-state index is 0.0825. The van der Waals surface area contributed by atoms with Gasteiger partial charge in [-0.25, -0.2) is 9.59 Å². The zero-order chi connectivity index (χ0) is 16.5. The Kier molecular flexibility index (Phi) is 4.44. The van der Waals surface area contributed by atoms with Gasteiger partial charge in [0.25, 0.3) is 0 Å². The average Bonchev–Trinajstić information content (AvgIpc) is 3.10. The van der Waals surface area contributed by atoms with Crippen molar-refractivity contribution < 1.29 is 19.4 Å². The monoisotopic (exact) mass is 309 g/mol. The molecular formula is C15H23N3O4. The molecule has 22 heavy (non-hydrogen) atoms. The van der Waals surface area contributed by atoms with Gasteiger partial charge in [-0.2, -0.15) is 5.10 Å². The maximum absolute atomic E-state index is 12.4. The Morgan fingerprint density at radius 1 is 1.50 bits per heavy atom. The molecule has 0 spiro atoms. The van der Waals surface area contributed by atoms with Crippen LogP contribution in [-0.4, -0.2) is 43.5 Å². The third-order valence-corrected chi connectivity index (χ3v) is 3.35. The van der Waals surface area contributed by atoms with Gasteiger partial charge in [-0.15, -0.1) is 0 Å². The van der Waals surface area contributed by atoms with Crippen LogP contribution in [0.25, 0.3) is 0 Å². The highest BCUT2D eigenvalue weighted by Crippen LogP contribution is 2.36. The molecule has 1 heterocycles. The van der Waals surface area contributed by atoms with Crippen molar-refractivity contribution in [3.8, 4) is 0 Å². The van der Waals surface area contributed by atoms with Crippen LogP contribution in [-0.2, 0) is 16.1 Å². The number of hydrogen-bond donors (Lipinski definition) is 1. The van der Waals surface area contributed by atoms with Crippen molar-refractivity contribution in [2.75, 3.05) is 0 Å². The van der Waals surface area contributed by atoms with Gasteiger partial charge in [0, 0.05) is 24.3 Å². The molecule has 1 unspecified atom stereocenters. The van der Waals surface area contributed by atoms with Crippen LogP contribution in [0.2, 0.25) is 0 Å². The smallest absolute Gasteiger partial charge is 0.411 e. The van der Waals surface area contributed by atoms with Gasteiger partial charge in [0.15, 0.2) is 6.04 Å². The Morgan fingerprint density at radius 3 is 2.55 bits per heavy atom. The van der Waals surface area contributed by atoms with Crippen LogP contribution >= 0.6 is 0 Å². The number of carboxylic acid groups (broad SMARTS) is 1. The third-order valence-electron chi connectivity index (χ3n) is 3.35. The van der Waals surface area contributed by atoms with E-state index in [0.717, 1.165) is 12.8 Å². The van der Waals surface area contributed by atoms with Crippen LogP contribution < -0.4 is 0 Å². The molecule has 1 atom stereocenters. The summed E-state index contributed by atoms with van der Waals surface area (Å²) in [6, 6.07) is -1.15. The lowest BCUT2D eigenvalue weighted by Gasteiger charge is -2.31. The number of carbonyl (C=O) groups excluding carboxylic acids is 1. The molecule has 0 radical (unpaired) electrons. The fraction of sp³-hybridized carbons (Fsp3) is 0.667. The number of carboxylic acids is 1. The van der Waals surface area contributed by atoms with Gasteiger partial charge in [-0.05, 0) is 40.5 Å². The highest BCUT2D eigenvalue weighted by molar-refractivity contribution is 5.82. The zero-order valence-electron chi connectivity index (χ0n) is 13.4. The van der Waals surface area contributed by atoms with E-state index in [1.165, 1.54) is 11.1 Å². The summed E-state index contributed by atoms with van der Waals surface area (Å²) in [4.78, 5) is 25.5. The predicted molar refractivity (Wildman–Crippen MR) is 79.4 cm³/mol. The van der Waals surface area contributed by atoms with Gasteiger partial charge in [0.2, 0.25) is 0 Å². The Hall–Kier alpha value is -2.05. The number of ether oxygens (including phenoxy) is 1. The van der Waals surface area contributed by atoms with Gasteiger partial charge < -0.3 is 9.84 Å². The molecule has 1 aliphatic rings. The van der Waals surface area contributed by atoms with Crippen LogP contribution in [0.4, 0.5) is 4.79 Å². The summed E-state index contributed by atoms with van der Waals surface area (Å²) in [6.45, 7) is 7.85. The van der Waals surface area contributed by atoms with Crippen molar-refractivity contribution in [1.29, 1.82) is 0 Å². The van der Waals surface area contributed by atoms with Crippen LogP contribution in [0.15, 0.2) is 12.4 Å². The van der Waals surface area contributed by atoms with Crippen molar-refractivity contribution >= 4 is 12.1 Å². The van der Waals surface area contributed by atoms with Gasteiger partial charge in [0.05, 0.1) is 6.20 Å². The van der Waals surface area contributed by atoms with E-state index in [2.05, 4.69) is 5.10 Å². The molecule has 0 aromatic carbocycles. The van der Waals surface area contributed by atoms with Crippen LogP contribution in [0.3, 0.4) is 0 Å². The van der Waals surface area contributed by atoms with Crippen molar-refractivity contribution in [1.82, 2.24) is 14.7 Å². The molecule has 1 aromatic rings. The highest BCUT2D eigenvalue weighted by Gasteiger charge is 2.43. The maximum atomic E-state index is 12.4. The molecular weight excluding hydrogens is 286 g/mol. The molecule has 0 aliphatic heterocycles. The van der Waals surface area contributed by atoms with E-state index < -0.39 is 23.7 Å². The molecule has 0 saturated heterocycles. The van der Waals surface area contributed by atoms with E-state index in [4.69, 9.17) is 4.74 Å². The molecule has 1 saturated carbocycles. The average molecular weight is 309 g/mol. The third kappa shape index (κ3) is 3.78. The number of aliphatic carboxylic acids is 1. The van der Waals surface area contributed by atoms with E-state index >= 15 is 0 Å². The number of aryl methyl sites for hydroxylation is 1. The molecule has 7 heteroatoms. The lowest BCUT2D eigenvalue weighted by molar-refractivity contribution is -0.143. The summed E-state index contributed by atoms with van der Waals surface area (Å²) >= 11 is 0. The fourth-order valence-corrected chi connectivity index (χ4v) is 2.25. The maximum Gasteiger partial charge on any atom is 0.411 e. The van der Waals surface area contributed by atoms with E-state index in [1.54, 1.807) is 31.6 Å². The second-order valence-corrected chi connectivity index (χ2v) is 6.49. The minimum Gasteiger partial charge on any atom is -0.479 e. The van der Waals surface area contributed by atoms with Crippen LogP contribution in [0.5, 0.6) is 0 Å². The van der Waals surface area contributed by atoms with E-state index in [1.807, 2.05) is 6.92 Å². The molecule has 1 amide bonds. The largest absolute Gasteiger partial charge is 0.479 e. The first-order valence-electron chi connectivity index (χ1n) is 7.49. The number of rotatable bonds is 5. The van der Waals surface area contributed by atoms with E-state index in [9.17, 15) is 14.7 Å². The van der Waals surface area contributed by atoms with Gasteiger partial charge in [-0.3, -0.25) is 9.58 Å². The topological polar surface area (TPSA) is 84.7 Å². The molecule has 1 aliphatic carbocycles. The Bertz CT molecular complexity index is 557. The summed E-state index contributed by atoms with van der Waals surface area (Å²) in [7, 11) is 0. The molecule has 1 aromatic heterocycles. The van der Waals surface area contributed by atoms with Gasteiger partial charge >= 0.3 is 12.1 Å². The lowest BCUT2D eigenvalue weighted by atomic mass is 10.1. The molecule has 1 N–H and O–H groups in total. The molecule has 7 nitrogen and oxygen atoms in total. The first kappa shape index (κ1) is 16.3. The first-order valence-corrected chi connectivity index (χ1v) is 7.49. The van der Waals surface area contributed by atoms with Crippen LogP contribution in [0, 0.1) is 0 Å². The molecule has 0 bridgehead atoms. The van der Waals surface area contributed by atoms with Crippen molar-refractivity contribution in [3.63, 3.8) is 0 Å². The molecule has 122 valence electrons. The standard InChI is InChI=1S/C15H23N3O4/c1-5-17-9-10(8-16-17)12(13(19)20)18(11-6-7-11)14(21)22-15(2,3)4/h8-9,11-12H,5-7H2,1-4H3,(H,19,20). The Morgan fingerprint density at radius 2 is 2.14 bits per heavy atom. The fourth-order valence-electron chi connectivity index (χ4n) is 2.25. The number of amides is 1. The summed E-state index contributed by atoms with van der Waals surface area (Å²) < 4.78 is 7.03. The molecule has 1 fully saturated rings. The van der Waals surface area contributed by atoms with Crippen molar-refractivity contribution in [3.05, 3.63) is 18.0 Å². The lowest BCUT2D eigenvalue weighted by Crippen LogP contribution is -2.43.